The fourth-order valence-corrected chi connectivity index (χ4v) is 3.06. The van der Waals surface area contributed by atoms with Crippen molar-refractivity contribution in [3.05, 3.63) is 83.3 Å². The molecule has 140 valence electrons. The summed E-state index contributed by atoms with van der Waals surface area (Å²) >= 11 is 5.85. The maximum absolute atomic E-state index is 12.5. The molecule has 2 heterocycles. The van der Waals surface area contributed by atoms with Crippen LogP contribution in [0.2, 0.25) is 5.02 Å². The minimum absolute atomic E-state index is 0.0890. The Morgan fingerprint density at radius 3 is 2.71 bits per heavy atom. The normalized spacial score (nSPS) is 12.1. The molecule has 2 aromatic carbocycles. The van der Waals surface area contributed by atoms with Crippen molar-refractivity contribution in [1.82, 2.24) is 20.5 Å². The number of H-pyrrole nitrogens is 1. The molecule has 28 heavy (non-hydrogen) atoms. The van der Waals surface area contributed by atoms with Crippen molar-refractivity contribution in [3.63, 3.8) is 0 Å². The molecule has 0 aliphatic rings. The SMILES string of the molecule is O=C(NCC(O)c1ccc(Cl)cc1)c1cncc(-c2ccc3[nH]ncc3c2)c1. The van der Waals surface area contributed by atoms with E-state index in [1.165, 1.54) is 6.20 Å². The Labute approximate surface area is 166 Å². The van der Waals surface area contributed by atoms with Gasteiger partial charge in [-0.25, -0.2) is 0 Å². The Bertz CT molecular complexity index is 1120. The molecule has 4 aromatic rings. The van der Waals surface area contributed by atoms with Gasteiger partial charge in [0.2, 0.25) is 0 Å². The summed E-state index contributed by atoms with van der Waals surface area (Å²) in [7, 11) is 0. The van der Waals surface area contributed by atoms with Gasteiger partial charge in [-0.1, -0.05) is 29.8 Å². The van der Waals surface area contributed by atoms with Crippen LogP contribution in [-0.4, -0.2) is 32.7 Å². The van der Waals surface area contributed by atoms with Gasteiger partial charge < -0.3 is 10.4 Å². The molecular weight excluding hydrogens is 376 g/mol. The second kappa shape index (κ2) is 7.80. The number of carbonyl (C=O) groups excluding carboxylic acids is 1. The molecule has 0 aliphatic carbocycles. The van der Waals surface area contributed by atoms with Crippen LogP contribution in [0.1, 0.15) is 22.0 Å². The monoisotopic (exact) mass is 392 g/mol. The number of aromatic amines is 1. The molecule has 4 rings (SSSR count). The van der Waals surface area contributed by atoms with Gasteiger partial charge in [0.1, 0.15) is 0 Å². The fourth-order valence-electron chi connectivity index (χ4n) is 2.94. The van der Waals surface area contributed by atoms with Crippen molar-refractivity contribution >= 4 is 28.4 Å². The lowest BCUT2D eigenvalue weighted by molar-refractivity contribution is 0.0916. The highest BCUT2D eigenvalue weighted by Gasteiger charge is 2.12. The van der Waals surface area contributed by atoms with Gasteiger partial charge in [-0.3, -0.25) is 14.9 Å². The van der Waals surface area contributed by atoms with Crippen molar-refractivity contribution in [2.75, 3.05) is 6.54 Å². The maximum atomic E-state index is 12.5. The Kier molecular flexibility index (Phi) is 5.06. The minimum atomic E-state index is -0.819. The molecule has 3 N–H and O–H groups in total. The lowest BCUT2D eigenvalue weighted by Gasteiger charge is -2.12. The van der Waals surface area contributed by atoms with Crippen molar-refractivity contribution in [3.8, 4) is 11.1 Å². The van der Waals surface area contributed by atoms with E-state index >= 15 is 0 Å². The summed E-state index contributed by atoms with van der Waals surface area (Å²) in [5.41, 5.74) is 3.83. The second-order valence-corrected chi connectivity index (χ2v) is 6.85. The average molecular weight is 393 g/mol. The van der Waals surface area contributed by atoms with Gasteiger partial charge in [-0.2, -0.15) is 5.10 Å². The summed E-state index contributed by atoms with van der Waals surface area (Å²) in [6.07, 6.45) is 4.15. The number of hydrogen-bond acceptors (Lipinski definition) is 4. The Balaban J connectivity index is 1.47. The van der Waals surface area contributed by atoms with E-state index in [1.54, 1.807) is 42.7 Å². The summed E-state index contributed by atoms with van der Waals surface area (Å²) in [6.45, 7) is 0.0890. The van der Waals surface area contributed by atoms with Crippen LogP contribution in [0.25, 0.3) is 22.0 Å². The first-order chi connectivity index (χ1) is 13.6. The molecule has 0 fully saturated rings. The van der Waals surface area contributed by atoms with E-state index in [-0.39, 0.29) is 12.5 Å². The second-order valence-electron chi connectivity index (χ2n) is 6.41. The smallest absolute Gasteiger partial charge is 0.252 e. The van der Waals surface area contributed by atoms with Gasteiger partial charge in [0.25, 0.3) is 5.91 Å². The number of aromatic nitrogens is 3. The van der Waals surface area contributed by atoms with E-state index < -0.39 is 6.10 Å². The summed E-state index contributed by atoms with van der Waals surface area (Å²) in [4.78, 5) is 16.7. The van der Waals surface area contributed by atoms with E-state index in [0.29, 0.717) is 16.1 Å². The molecule has 7 heteroatoms. The largest absolute Gasteiger partial charge is 0.387 e. The van der Waals surface area contributed by atoms with Crippen LogP contribution in [0, 0.1) is 0 Å². The van der Waals surface area contributed by atoms with E-state index in [1.807, 2.05) is 18.2 Å². The summed E-state index contributed by atoms with van der Waals surface area (Å²) < 4.78 is 0. The first-order valence-electron chi connectivity index (χ1n) is 8.70. The molecule has 1 atom stereocenters. The van der Waals surface area contributed by atoms with Gasteiger partial charge in [0, 0.05) is 34.9 Å². The molecule has 0 aliphatic heterocycles. The molecule has 0 bridgehead atoms. The molecule has 1 unspecified atom stereocenters. The molecule has 6 nitrogen and oxygen atoms in total. The van der Waals surface area contributed by atoms with E-state index in [4.69, 9.17) is 11.6 Å². The van der Waals surface area contributed by atoms with Crippen molar-refractivity contribution in [2.45, 2.75) is 6.10 Å². The van der Waals surface area contributed by atoms with Crippen LogP contribution < -0.4 is 5.32 Å². The number of benzene rings is 2. The van der Waals surface area contributed by atoms with Gasteiger partial charge in [0.05, 0.1) is 23.4 Å². The zero-order valence-corrected chi connectivity index (χ0v) is 15.5. The third-order valence-electron chi connectivity index (χ3n) is 4.48. The highest BCUT2D eigenvalue weighted by Crippen LogP contribution is 2.23. The standard InChI is InChI=1S/C21H17ClN4O2/c22-18-4-1-13(2-5-18)20(27)12-24-21(28)17-8-15(9-23-10-17)14-3-6-19-16(7-14)11-25-26-19/h1-11,20,27H,12H2,(H,24,28)(H,25,26). The Morgan fingerprint density at radius 2 is 1.89 bits per heavy atom. The third kappa shape index (κ3) is 3.88. The van der Waals surface area contributed by atoms with Gasteiger partial charge in [-0.15, -0.1) is 0 Å². The zero-order valence-electron chi connectivity index (χ0n) is 14.8. The predicted molar refractivity (Wildman–Crippen MR) is 108 cm³/mol. The number of carbonyl (C=O) groups is 1. The number of aliphatic hydroxyl groups is 1. The van der Waals surface area contributed by atoms with Crippen LogP contribution in [0.4, 0.5) is 0 Å². The van der Waals surface area contributed by atoms with Gasteiger partial charge >= 0.3 is 0 Å². The lowest BCUT2D eigenvalue weighted by Crippen LogP contribution is -2.28. The maximum Gasteiger partial charge on any atom is 0.252 e. The summed E-state index contributed by atoms with van der Waals surface area (Å²) in [6, 6.07) is 14.5. The number of halogens is 1. The number of hydrogen-bond donors (Lipinski definition) is 3. The van der Waals surface area contributed by atoms with Crippen LogP contribution in [-0.2, 0) is 0 Å². The lowest BCUT2D eigenvalue weighted by atomic mass is 10.0. The van der Waals surface area contributed by atoms with Gasteiger partial charge in [-0.05, 0) is 41.5 Å². The molecule has 2 aromatic heterocycles. The summed E-state index contributed by atoms with van der Waals surface area (Å²) in [5.74, 6) is -0.299. The Hall–Kier alpha value is -3.22. The Morgan fingerprint density at radius 1 is 1.07 bits per heavy atom. The molecule has 0 saturated heterocycles. The number of amides is 1. The highest BCUT2D eigenvalue weighted by molar-refractivity contribution is 6.30. The predicted octanol–water partition coefficient (Wildman–Crippen LogP) is 3.74. The first-order valence-corrected chi connectivity index (χ1v) is 9.08. The highest BCUT2D eigenvalue weighted by atomic mass is 35.5. The number of nitrogens with zero attached hydrogens (tertiary/aromatic N) is 2. The first kappa shape index (κ1) is 18.2. The number of fused-ring (bicyclic) bond motifs is 1. The summed E-state index contributed by atoms with van der Waals surface area (Å²) in [5, 5.41) is 21.5. The van der Waals surface area contributed by atoms with Crippen LogP contribution in [0.5, 0.6) is 0 Å². The molecule has 0 saturated carbocycles. The average Bonchev–Trinajstić information content (AvgIpc) is 3.20. The van der Waals surface area contributed by atoms with Crippen molar-refractivity contribution in [2.24, 2.45) is 0 Å². The number of nitrogens with one attached hydrogen (secondary N) is 2. The van der Waals surface area contributed by atoms with Crippen molar-refractivity contribution < 1.29 is 9.90 Å². The third-order valence-corrected chi connectivity index (χ3v) is 4.74. The molecule has 1 amide bonds. The molecule has 0 radical (unpaired) electrons. The van der Waals surface area contributed by atoms with Crippen LogP contribution >= 0.6 is 11.6 Å². The zero-order chi connectivity index (χ0) is 19.5. The number of pyridine rings is 1. The fraction of sp³-hybridized carbons (Fsp3) is 0.0952. The van der Waals surface area contributed by atoms with Gasteiger partial charge in [0.15, 0.2) is 0 Å². The molecule has 0 spiro atoms. The van der Waals surface area contributed by atoms with E-state index in [2.05, 4.69) is 20.5 Å². The number of aliphatic hydroxyl groups excluding tert-OH is 1. The quantitative estimate of drug-likeness (QED) is 0.482. The van der Waals surface area contributed by atoms with Crippen LogP contribution in [0.3, 0.4) is 0 Å². The minimum Gasteiger partial charge on any atom is -0.387 e. The molecular formula is C21H17ClN4O2. The van der Waals surface area contributed by atoms with E-state index in [0.717, 1.165) is 22.0 Å². The number of rotatable bonds is 5. The topological polar surface area (TPSA) is 90.9 Å². The van der Waals surface area contributed by atoms with Crippen molar-refractivity contribution in [1.29, 1.82) is 0 Å². The van der Waals surface area contributed by atoms with E-state index in [9.17, 15) is 9.90 Å². The van der Waals surface area contributed by atoms with Crippen LogP contribution in [0.15, 0.2) is 67.1 Å².